The fraction of sp³-hybridized carbons (Fsp3) is 0.455. The molecule has 2 aromatic rings. The number of hydrogen-bond acceptors (Lipinski definition) is 4. The van der Waals surface area contributed by atoms with Gasteiger partial charge in [0.1, 0.15) is 11.9 Å². The van der Waals surface area contributed by atoms with Crippen LogP contribution in [0.3, 0.4) is 0 Å². The first-order chi connectivity index (χ1) is 8.17. The first-order valence-corrected chi connectivity index (χ1v) is 5.63. The van der Waals surface area contributed by atoms with Crippen molar-refractivity contribution in [2.75, 3.05) is 0 Å². The van der Waals surface area contributed by atoms with E-state index in [1.54, 1.807) is 6.20 Å². The molecule has 6 nitrogen and oxygen atoms in total. The predicted molar refractivity (Wildman–Crippen MR) is 65.0 cm³/mol. The summed E-state index contributed by atoms with van der Waals surface area (Å²) >= 11 is 0. The Morgan fingerprint density at radius 2 is 2.24 bits per heavy atom. The van der Waals surface area contributed by atoms with Crippen LogP contribution in [0.5, 0.6) is 0 Å². The van der Waals surface area contributed by atoms with Crippen molar-refractivity contribution in [1.29, 1.82) is 0 Å². The van der Waals surface area contributed by atoms with E-state index in [0.717, 1.165) is 23.6 Å². The molecule has 0 aliphatic rings. The molecule has 0 bridgehead atoms. The molecule has 0 saturated heterocycles. The maximum Gasteiger partial charge on any atom is 0.133 e. The molecule has 0 radical (unpaired) electrons. The summed E-state index contributed by atoms with van der Waals surface area (Å²) in [7, 11) is 3.87. The van der Waals surface area contributed by atoms with Gasteiger partial charge in [0, 0.05) is 26.5 Å². The zero-order valence-electron chi connectivity index (χ0n) is 10.4. The van der Waals surface area contributed by atoms with Crippen LogP contribution in [0.1, 0.15) is 30.2 Å². The SMILES string of the molecule is CCc1cc(C(NN)c2nccn2C)n(C)n1. The highest BCUT2D eigenvalue weighted by molar-refractivity contribution is 5.21. The first-order valence-electron chi connectivity index (χ1n) is 5.63. The Labute approximate surface area is 100 Å². The molecule has 2 aromatic heterocycles. The van der Waals surface area contributed by atoms with Crippen LogP contribution in [-0.2, 0) is 20.5 Å². The van der Waals surface area contributed by atoms with Crippen molar-refractivity contribution >= 4 is 0 Å². The molecule has 0 saturated carbocycles. The smallest absolute Gasteiger partial charge is 0.133 e. The highest BCUT2D eigenvalue weighted by Gasteiger charge is 2.20. The molecule has 6 heteroatoms. The molecule has 1 unspecified atom stereocenters. The summed E-state index contributed by atoms with van der Waals surface area (Å²) in [6.07, 6.45) is 4.57. The lowest BCUT2D eigenvalue weighted by Crippen LogP contribution is -2.32. The fourth-order valence-corrected chi connectivity index (χ4v) is 1.93. The maximum absolute atomic E-state index is 5.64. The average molecular weight is 234 g/mol. The maximum atomic E-state index is 5.64. The number of aryl methyl sites for hydroxylation is 3. The standard InChI is InChI=1S/C11H18N6/c1-4-8-7-9(17(3)15-8)10(14-12)11-13-5-6-16(11)2/h5-7,10,14H,4,12H2,1-3H3. The van der Waals surface area contributed by atoms with Gasteiger partial charge in [0.05, 0.1) is 11.4 Å². The van der Waals surface area contributed by atoms with Gasteiger partial charge in [-0.05, 0) is 12.5 Å². The van der Waals surface area contributed by atoms with Gasteiger partial charge in [-0.15, -0.1) is 0 Å². The van der Waals surface area contributed by atoms with Crippen LogP contribution in [0.4, 0.5) is 0 Å². The van der Waals surface area contributed by atoms with E-state index in [4.69, 9.17) is 5.84 Å². The number of rotatable bonds is 4. The van der Waals surface area contributed by atoms with Gasteiger partial charge in [-0.3, -0.25) is 10.5 Å². The monoisotopic (exact) mass is 234 g/mol. The van der Waals surface area contributed by atoms with Crippen LogP contribution in [-0.4, -0.2) is 19.3 Å². The number of imidazole rings is 1. The van der Waals surface area contributed by atoms with E-state index in [2.05, 4.69) is 28.5 Å². The predicted octanol–water partition coefficient (Wildman–Crippen LogP) is 0.269. The van der Waals surface area contributed by atoms with Crippen molar-refractivity contribution < 1.29 is 0 Å². The molecule has 0 spiro atoms. The molecule has 0 amide bonds. The normalized spacial score (nSPS) is 12.9. The molecule has 0 aliphatic carbocycles. The third-order valence-corrected chi connectivity index (χ3v) is 2.91. The summed E-state index contributed by atoms with van der Waals surface area (Å²) in [5, 5.41) is 4.42. The summed E-state index contributed by atoms with van der Waals surface area (Å²) in [4.78, 5) is 4.32. The van der Waals surface area contributed by atoms with Crippen LogP contribution in [0.15, 0.2) is 18.5 Å². The Morgan fingerprint density at radius 1 is 1.47 bits per heavy atom. The Morgan fingerprint density at radius 3 is 2.71 bits per heavy atom. The molecule has 0 aromatic carbocycles. The minimum Gasteiger partial charge on any atom is -0.336 e. The summed E-state index contributed by atoms with van der Waals surface area (Å²) in [5.41, 5.74) is 4.86. The Kier molecular flexibility index (Phi) is 3.26. The molecular weight excluding hydrogens is 216 g/mol. The van der Waals surface area contributed by atoms with Gasteiger partial charge in [-0.25, -0.2) is 10.4 Å². The number of nitrogens with zero attached hydrogens (tertiary/aromatic N) is 4. The van der Waals surface area contributed by atoms with Crippen molar-refractivity contribution in [2.45, 2.75) is 19.4 Å². The lowest BCUT2D eigenvalue weighted by molar-refractivity contribution is 0.535. The molecule has 2 rings (SSSR count). The van der Waals surface area contributed by atoms with Gasteiger partial charge in [0.2, 0.25) is 0 Å². The largest absolute Gasteiger partial charge is 0.336 e. The lowest BCUT2D eigenvalue weighted by Gasteiger charge is -2.15. The number of hydrogen-bond donors (Lipinski definition) is 2. The zero-order chi connectivity index (χ0) is 12.4. The third kappa shape index (κ3) is 2.09. The average Bonchev–Trinajstić information content (AvgIpc) is 2.88. The topological polar surface area (TPSA) is 73.7 Å². The Balaban J connectivity index is 2.42. The lowest BCUT2D eigenvalue weighted by atomic mass is 10.2. The van der Waals surface area contributed by atoms with Gasteiger partial charge >= 0.3 is 0 Å². The molecule has 2 heterocycles. The van der Waals surface area contributed by atoms with Crippen molar-refractivity contribution in [3.8, 4) is 0 Å². The van der Waals surface area contributed by atoms with E-state index < -0.39 is 0 Å². The molecule has 92 valence electrons. The van der Waals surface area contributed by atoms with Crippen LogP contribution in [0.25, 0.3) is 0 Å². The number of nitrogens with one attached hydrogen (secondary N) is 1. The van der Waals surface area contributed by atoms with Crippen LogP contribution < -0.4 is 11.3 Å². The molecule has 0 fully saturated rings. The van der Waals surface area contributed by atoms with E-state index >= 15 is 0 Å². The van der Waals surface area contributed by atoms with Gasteiger partial charge < -0.3 is 4.57 Å². The van der Waals surface area contributed by atoms with Crippen molar-refractivity contribution in [2.24, 2.45) is 19.9 Å². The Bertz CT molecular complexity index is 498. The minimum absolute atomic E-state index is 0.146. The van der Waals surface area contributed by atoms with Gasteiger partial charge in [-0.1, -0.05) is 6.92 Å². The van der Waals surface area contributed by atoms with Crippen molar-refractivity contribution in [1.82, 2.24) is 24.8 Å². The molecule has 17 heavy (non-hydrogen) atoms. The van der Waals surface area contributed by atoms with Gasteiger partial charge in [0.25, 0.3) is 0 Å². The van der Waals surface area contributed by atoms with Crippen LogP contribution in [0.2, 0.25) is 0 Å². The van der Waals surface area contributed by atoms with E-state index in [0.29, 0.717) is 0 Å². The van der Waals surface area contributed by atoms with Crippen molar-refractivity contribution in [3.63, 3.8) is 0 Å². The quantitative estimate of drug-likeness (QED) is 0.588. The molecular formula is C11H18N6. The number of nitrogens with two attached hydrogens (primary N) is 1. The first kappa shape index (κ1) is 11.8. The number of hydrazine groups is 1. The second-order valence-electron chi connectivity index (χ2n) is 4.03. The molecule has 0 aliphatic heterocycles. The number of aromatic nitrogens is 4. The van der Waals surface area contributed by atoms with Gasteiger partial charge in [-0.2, -0.15) is 5.10 Å². The van der Waals surface area contributed by atoms with E-state index in [-0.39, 0.29) is 6.04 Å². The fourth-order valence-electron chi connectivity index (χ4n) is 1.93. The summed E-state index contributed by atoms with van der Waals surface area (Å²) in [6, 6.07) is 1.91. The highest BCUT2D eigenvalue weighted by Crippen LogP contribution is 2.20. The van der Waals surface area contributed by atoms with E-state index in [1.807, 2.05) is 29.5 Å². The minimum atomic E-state index is -0.146. The molecule has 3 N–H and O–H groups in total. The van der Waals surface area contributed by atoms with Crippen LogP contribution in [0, 0.1) is 0 Å². The van der Waals surface area contributed by atoms with E-state index in [9.17, 15) is 0 Å². The summed E-state index contributed by atoms with van der Waals surface area (Å²) in [6.45, 7) is 2.08. The second-order valence-corrected chi connectivity index (χ2v) is 4.03. The van der Waals surface area contributed by atoms with Crippen LogP contribution >= 0.6 is 0 Å². The van der Waals surface area contributed by atoms with Crippen molar-refractivity contribution in [3.05, 3.63) is 35.7 Å². The molecule has 1 atom stereocenters. The van der Waals surface area contributed by atoms with E-state index in [1.165, 1.54) is 0 Å². The Hall–Kier alpha value is -1.66. The second kappa shape index (κ2) is 4.68. The summed E-state index contributed by atoms with van der Waals surface area (Å²) in [5.74, 6) is 6.51. The highest BCUT2D eigenvalue weighted by atomic mass is 15.3. The van der Waals surface area contributed by atoms with Gasteiger partial charge in [0.15, 0.2) is 0 Å². The zero-order valence-corrected chi connectivity index (χ0v) is 10.4. The third-order valence-electron chi connectivity index (χ3n) is 2.91. The summed E-state index contributed by atoms with van der Waals surface area (Å²) < 4.78 is 3.79.